The van der Waals surface area contributed by atoms with Crippen LogP contribution in [0.2, 0.25) is 0 Å². The lowest BCUT2D eigenvalue weighted by atomic mass is 9.44. The van der Waals surface area contributed by atoms with E-state index >= 15 is 0 Å². The van der Waals surface area contributed by atoms with Crippen LogP contribution < -0.4 is 10.6 Å². The molecular weight excluding hydrogens is 502 g/mol. The topological polar surface area (TPSA) is 79.9 Å². The number of carbonyl (C=O) groups is 2. The minimum absolute atomic E-state index is 0.0780. The Bertz CT molecular complexity index is 979. The summed E-state index contributed by atoms with van der Waals surface area (Å²) >= 11 is 0. The summed E-state index contributed by atoms with van der Waals surface area (Å²) in [5.41, 5.74) is 0.727. The third-order valence-electron chi connectivity index (χ3n) is 13.2. The number of hydrogen-bond donors (Lipinski definition) is 2. The van der Waals surface area contributed by atoms with Crippen molar-refractivity contribution in [2.24, 2.45) is 52.3 Å². The van der Waals surface area contributed by atoms with Gasteiger partial charge in [0.1, 0.15) is 6.42 Å². The highest BCUT2D eigenvalue weighted by atomic mass is 16.7. The first-order valence-corrected chi connectivity index (χ1v) is 16.5. The van der Waals surface area contributed by atoms with Crippen LogP contribution in [-0.4, -0.2) is 62.0 Å². The molecule has 2 saturated heterocycles. The molecule has 7 heteroatoms. The van der Waals surface area contributed by atoms with Gasteiger partial charge < -0.3 is 20.1 Å². The second-order valence-corrected chi connectivity index (χ2v) is 15.7. The second kappa shape index (κ2) is 10.5. The van der Waals surface area contributed by atoms with Gasteiger partial charge in [-0.2, -0.15) is 0 Å². The summed E-state index contributed by atoms with van der Waals surface area (Å²) < 4.78 is 13.5. The number of rotatable bonds is 5. The van der Waals surface area contributed by atoms with Gasteiger partial charge in [-0.25, -0.2) is 0 Å². The minimum atomic E-state index is -0.327. The van der Waals surface area contributed by atoms with Crippen molar-refractivity contribution in [1.29, 1.82) is 0 Å². The normalized spacial score (nSPS) is 49.6. The van der Waals surface area contributed by atoms with Crippen molar-refractivity contribution in [2.75, 3.05) is 27.4 Å². The Morgan fingerprint density at radius 3 is 2.40 bits per heavy atom. The van der Waals surface area contributed by atoms with Crippen molar-refractivity contribution < 1.29 is 19.1 Å². The fourth-order valence-electron chi connectivity index (χ4n) is 11.1. The Labute approximate surface area is 242 Å². The zero-order valence-corrected chi connectivity index (χ0v) is 26.0. The zero-order valence-electron chi connectivity index (χ0n) is 26.0. The first-order chi connectivity index (χ1) is 18.9. The number of carbonyl (C=O) groups excluding carboxylic acids is 2. The van der Waals surface area contributed by atoms with E-state index in [1.807, 2.05) is 19.0 Å². The van der Waals surface area contributed by atoms with Crippen molar-refractivity contribution in [3.05, 3.63) is 0 Å². The molecule has 7 nitrogen and oxygen atoms in total. The molecule has 12 atom stereocenters. The zero-order chi connectivity index (χ0) is 28.4. The average Bonchev–Trinajstić information content (AvgIpc) is 3.34. The molecule has 0 radical (unpaired) electrons. The molecule has 2 N–H and O–H groups in total. The summed E-state index contributed by atoms with van der Waals surface area (Å²) in [6.45, 7) is 11.3. The lowest BCUT2D eigenvalue weighted by molar-refractivity contribution is -0.273. The van der Waals surface area contributed by atoms with Gasteiger partial charge in [0, 0.05) is 18.4 Å². The Hall–Kier alpha value is -1.18. The number of ether oxygens (including phenoxy) is 2. The monoisotopic (exact) mass is 557 g/mol. The maximum Gasteiger partial charge on any atom is 0.230 e. The molecule has 0 aromatic heterocycles. The summed E-state index contributed by atoms with van der Waals surface area (Å²) in [6, 6.07) is 0.201. The Morgan fingerprint density at radius 2 is 1.68 bits per heavy atom. The molecule has 0 unspecified atom stereocenters. The molecular formula is C33H55N3O4. The summed E-state index contributed by atoms with van der Waals surface area (Å²) in [5, 5.41) is 6.02. The largest absolute Gasteiger partial charge is 0.353 e. The van der Waals surface area contributed by atoms with Crippen molar-refractivity contribution in [2.45, 2.75) is 116 Å². The van der Waals surface area contributed by atoms with E-state index in [9.17, 15) is 9.59 Å². The molecule has 6 fully saturated rings. The molecule has 4 saturated carbocycles. The fraction of sp³-hybridized carbons (Fsp3) is 0.939. The summed E-state index contributed by atoms with van der Waals surface area (Å²) in [7, 11) is 3.80. The molecule has 2 aliphatic heterocycles. The fourth-order valence-corrected chi connectivity index (χ4v) is 11.1. The van der Waals surface area contributed by atoms with Crippen molar-refractivity contribution >= 4 is 11.8 Å². The predicted molar refractivity (Wildman–Crippen MR) is 155 cm³/mol. The number of nitrogens with zero attached hydrogens (tertiary/aromatic N) is 1. The van der Waals surface area contributed by atoms with Crippen LogP contribution in [-0.2, 0) is 19.1 Å². The smallest absolute Gasteiger partial charge is 0.230 e. The molecule has 4 aliphatic carbocycles. The molecule has 6 aliphatic rings. The van der Waals surface area contributed by atoms with Gasteiger partial charge in [-0.15, -0.1) is 0 Å². The number of hydrogen-bond acceptors (Lipinski definition) is 5. The summed E-state index contributed by atoms with van der Waals surface area (Å²) in [5.74, 6) is 4.10. The van der Waals surface area contributed by atoms with Gasteiger partial charge in [-0.05, 0) is 118 Å². The molecule has 226 valence electrons. The van der Waals surface area contributed by atoms with Gasteiger partial charge >= 0.3 is 0 Å². The molecule has 2 amide bonds. The van der Waals surface area contributed by atoms with Crippen LogP contribution in [0.15, 0.2) is 0 Å². The molecule has 40 heavy (non-hydrogen) atoms. The van der Waals surface area contributed by atoms with Gasteiger partial charge in [-0.3, -0.25) is 14.5 Å². The van der Waals surface area contributed by atoms with Gasteiger partial charge in [0.25, 0.3) is 0 Å². The van der Waals surface area contributed by atoms with Crippen LogP contribution in [0.4, 0.5) is 0 Å². The number of nitrogens with one attached hydrogen (secondary N) is 2. The lowest BCUT2D eigenvalue weighted by Gasteiger charge is -2.61. The quantitative estimate of drug-likeness (QED) is 0.370. The lowest BCUT2D eigenvalue weighted by Crippen LogP contribution is -2.56. The Kier molecular flexibility index (Phi) is 7.60. The van der Waals surface area contributed by atoms with Crippen LogP contribution in [0.25, 0.3) is 0 Å². The van der Waals surface area contributed by atoms with Gasteiger partial charge in [0.2, 0.25) is 11.8 Å². The maximum absolute atomic E-state index is 12.6. The molecule has 1 spiro atoms. The summed E-state index contributed by atoms with van der Waals surface area (Å²) in [6.07, 6.45) is 12.4. The van der Waals surface area contributed by atoms with E-state index in [2.05, 4.69) is 38.3 Å². The standard InChI is InChI=1S/C33H55N3O4/c1-20-9-14-33(39-18-20)21(2)30-27(40-33)16-26-24-8-7-22-15-23(35-29(38)17-28(37)34-19-36(5)6)10-12-31(22,3)25(24)11-13-32(26,30)4/h20-27,30H,7-19H2,1-6H3,(H,34,37)(H,35,38)/t20-,21+,22-,23+,24-,25+,26+,27+,30+,31+,32+,33-/m1/s1. The van der Waals surface area contributed by atoms with Crippen LogP contribution in [0.3, 0.4) is 0 Å². The van der Waals surface area contributed by atoms with E-state index in [1.165, 1.54) is 44.9 Å². The highest BCUT2D eigenvalue weighted by Gasteiger charge is 2.69. The SMILES string of the molecule is C[C@@H]1CC[C@@]2(OC1)O[C@H]1C[C@H]3[C@@H]4CC[C@@H]5C[C@@H](NC(=O)CC(=O)NCN(C)C)CC[C@]5(C)[C@H]4CC[C@]3(C)[C@H]1[C@@H]2C. The van der Waals surface area contributed by atoms with E-state index in [-0.39, 0.29) is 30.1 Å². The first-order valence-electron chi connectivity index (χ1n) is 16.5. The van der Waals surface area contributed by atoms with Crippen LogP contribution in [0, 0.1) is 52.3 Å². The molecule has 2 heterocycles. The molecule has 0 bridgehead atoms. The number of fused-ring (bicyclic) bond motifs is 7. The molecule has 0 aromatic rings. The van der Waals surface area contributed by atoms with Crippen molar-refractivity contribution in [1.82, 2.24) is 15.5 Å². The Morgan fingerprint density at radius 1 is 0.900 bits per heavy atom. The molecule has 0 aromatic carbocycles. The third kappa shape index (κ3) is 4.74. The van der Waals surface area contributed by atoms with Gasteiger partial charge in [0.15, 0.2) is 5.79 Å². The highest BCUT2D eigenvalue weighted by Crippen LogP contribution is 2.71. The minimum Gasteiger partial charge on any atom is -0.353 e. The van der Waals surface area contributed by atoms with E-state index in [4.69, 9.17) is 9.47 Å². The van der Waals surface area contributed by atoms with Gasteiger partial charge in [0.05, 0.1) is 19.4 Å². The highest BCUT2D eigenvalue weighted by molar-refractivity contribution is 5.96. The van der Waals surface area contributed by atoms with Crippen molar-refractivity contribution in [3.63, 3.8) is 0 Å². The molecule has 6 rings (SSSR count). The second-order valence-electron chi connectivity index (χ2n) is 15.7. The summed E-state index contributed by atoms with van der Waals surface area (Å²) in [4.78, 5) is 26.7. The van der Waals surface area contributed by atoms with Crippen LogP contribution in [0.5, 0.6) is 0 Å². The first kappa shape index (κ1) is 28.9. The third-order valence-corrected chi connectivity index (χ3v) is 13.2. The average molecular weight is 558 g/mol. The van der Waals surface area contributed by atoms with E-state index < -0.39 is 0 Å². The van der Waals surface area contributed by atoms with Crippen molar-refractivity contribution in [3.8, 4) is 0 Å². The van der Waals surface area contributed by atoms with E-state index in [1.54, 1.807) is 0 Å². The van der Waals surface area contributed by atoms with E-state index in [0.717, 1.165) is 43.6 Å². The van der Waals surface area contributed by atoms with Gasteiger partial charge in [-0.1, -0.05) is 27.7 Å². The van der Waals surface area contributed by atoms with Crippen LogP contribution in [0.1, 0.15) is 98.3 Å². The maximum atomic E-state index is 12.6. The van der Waals surface area contributed by atoms with Crippen LogP contribution >= 0.6 is 0 Å². The number of amides is 2. The Balaban J connectivity index is 1.08. The van der Waals surface area contributed by atoms with E-state index in [0.29, 0.717) is 47.3 Å². The predicted octanol–water partition coefficient (Wildman–Crippen LogP) is 4.94.